The lowest BCUT2D eigenvalue weighted by Gasteiger charge is -2.13. The molecule has 1 rings (SSSR count). The van der Waals surface area contributed by atoms with Gasteiger partial charge in [-0.2, -0.15) is 0 Å². The van der Waals surface area contributed by atoms with Crippen LogP contribution in [0, 0.1) is 0 Å². The lowest BCUT2D eigenvalue weighted by atomic mass is 10.3. The van der Waals surface area contributed by atoms with Gasteiger partial charge in [0, 0.05) is 0 Å². The number of carbonyl (C=O) groups is 1. The highest BCUT2D eigenvalue weighted by atomic mass is 16.4. The zero-order chi connectivity index (χ0) is 11.3. The van der Waals surface area contributed by atoms with Crippen LogP contribution in [0.15, 0.2) is 16.5 Å². The molecule has 4 heteroatoms. The Bertz CT molecular complexity index is 319. The maximum Gasteiger partial charge on any atom is 0.371 e. The molecule has 0 aliphatic rings. The Morgan fingerprint density at radius 2 is 2.27 bits per heavy atom. The standard InChI is InChI=1S/C11H17NO3/c1-3-4-7-12(2)8-9-5-6-10(15-9)11(13)14/h5-6H,3-4,7-8H2,1-2H3,(H,13,14). The van der Waals surface area contributed by atoms with E-state index < -0.39 is 5.97 Å². The molecule has 0 spiro atoms. The van der Waals surface area contributed by atoms with Crippen molar-refractivity contribution in [1.82, 2.24) is 4.90 Å². The molecule has 0 amide bonds. The van der Waals surface area contributed by atoms with Crippen molar-refractivity contribution in [2.75, 3.05) is 13.6 Å². The average Bonchev–Trinajstić information content (AvgIpc) is 2.63. The van der Waals surface area contributed by atoms with E-state index in [1.54, 1.807) is 6.07 Å². The first-order chi connectivity index (χ1) is 7.13. The van der Waals surface area contributed by atoms with Crippen LogP contribution >= 0.6 is 0 Å². The monoisotopic (exact) mass is 211 g/mol. The number of nitrogens with zero attached hydrogens (tertiary/aromatic N) is 1. The second-order valence-corrected chi connectivity index (χ2v) is 3.66. The second-order valence-electron chi connectivity index (χ2n) is 3.66. The zero-order valence-electron chi connectivity index (χ0n) is 9.19. The van der Waals surface area contributed by atoms with Crippen molar-refractivity contribution in [2.24, 2.45) is 0 Å². The van der Waals surface area contributed by atoms with Gasteiger partial charge in [0.1, 0.15) is 5.76 Å². The summed E-state index contributed by atoms with van der Waals surface area (Å²) in [5, 5.41) is 8.67. The fraction of sp³-hybridized carbons (Fsp3) is 0.545. The molecule has 1 aromatic rings. The predicted octanol–water partition coefficient (Wildman–Crippen LogP) is 2.21. The van der Waals surface area contributed by atoms with Gasteiger partial charge in [-0.25, -0.2) is 4.79 Å². The fourth-order valence-corrected chi connectivity index (χ4v) is 1.35. The third-order valence-electron chi connectivity index (χ3n) is 2.19. The number of carboxylic acid groups (broad SMARTS) is 1. The highest BCUT2D eigenvalue weighted by Crippen LogP contribution is 2.10. The minimum atomic E-state index is -1.02. The van der Waals surface area contributed by atoms with Crippen LogP contribution in [0.5, 0.6) is 0 Å². The first kappa shape index (κ1) is 11.8. The summed E-state index contributed by atoms with van der Waals surface area (Å²) in [6.45, 7) is 3.80. The van der Waals surface area contributed by atoms with Crippen LogP contribution in [-0.4, -0.2) is 29.6 Å². The summed E-state index contributed by atoms with van der Waals surface area (Å²) >= 11 is 0. The van der Waals surface area contributed by atoms with E-state index in [2.05, 4.69) is 11.8 Å². The van der Waals surface area contributed by atoms with E-state index in [1.807, 2.05) is 7.05 Å². The van der Waals surface area contributed by atoms with Crippen LogP contribution in [-0.2, 0) is 6.54 Å². The van der Waals surface area contributed by atoms with Gasteiger partial charge in [-0.3, -0.25) is 4.90 Å². The van der Waals surface area contributed by atoms with Gasteiger partial charge in [0.25, 0.3) is 0 Å². The van der Waals surface area contributed by atoms with Crippen molar-refractivity contribution < 1.29 is 14.3 Å². The Morgan fingerprint density at radius 3 is 2.80 bits per heavy atom. The first-order valence-electron chi connectivity index (χ1n) is 5.14. The molecule has 0 aliphatic carbocycles. The van der Waals surface area contributed by atoms with Crippen LogP contribution in [0.25, 0.3) is 0 Å². The topological polar surface area (TPSA) is 53.7 Å². The SMILES string of the molecule is CCCCN(C)Cc1ccc(C(=O)O)o1. The van der Waals surface area contributed by atoms with E-state index in [0.29, 0.717) is 12.3 Å². The minimum absolute atomic E-state index is 0.00823. The molecule has 0 saturated heterocycles. The molecule has 0 atom stereocenters. The summed E-state index contributed by atoms with van der Waals surface area (Å²) in [5.74, 6) is -0.308. The normalized spacial score (nSPS) is 10.9. The molecule has 4 nitrogen and oxygen atoms in total. The fourth-order valence-electron chi connectivity index (χ4n) is 1.35. The zero-order valence-corrected chi connectivity index (χ0v) is 9.19. The maximum atomic E-state index is 10.6. The summed E-state index contributed by atoms with van der Waals surface area (Å²) in [4.78, 5) is 12.7. The number of hydrogen-bond acceptors (Lipinski definition) is 3. The van der Waals surface area contributed by atoms with Crippen LogP contribution < -0.4 is 0 Å². The van der Waals surface area contributed by atoms with Gasteiger partial charge in [-0.1, -0.05) is 13.3 Å². The van der Waals surface area contributed by atoms with Gasteiger partial charge in [-0.15, -0.1) is 0 Å². The molecule has 0 fully saturated rings. The molecule has 0 unspecified atom stereocenters. The molecule has 0 aromatic carbocycles. The molecule has 0 aliphatic heterocycles. The summed E-state index contributed by atoms with van der Waals surface area (Å²) in [6.07, 6.45) is 2.30. The Morgan fingerprint density at radius 1 is 1.53 bits per heavy atom. The molecule has 0 radical (unpaired) electrons. The first-order valence-corrected chi connectivity index (χ1v) is 5.14. The molecule has 0 saturated carbocycles. The summed E-state index contributed by atoms with van der Waals surface area (Å²) in [6, 6.07) is 3.21. The van der Waals surface area contributed by atoms with Crippen molar-refractivity contribution in [3.63, 3.8) is 0 Å². The average molecular weight is 211 g/mol. The van der Waals surface area contributed by atoms with Gasteiger partial charge in [-0.05, 0) is 32.1 Å². The van der Waals surface area contributed by atoms with Crippen molar-refractivity contribution in [2.45, 2.75) is 26.3 Å². The number of carboxylic acids is 1. The predicted molar refractivity (Wildman–Crippen MR) is 56.9 cm³/mol. The highest BCUT2D eigenvalue weighted by molar-refractivity contribution is 5.84. The van der Waals surface area contributed by atoms with E-state index in [1.165, 1.54) is 6.07 Å². The molecular formula is C11H17NO3. The summed E-state index contributed by atoms with van der Waals surface area (Å²) in [7, 11) is 2.00. The van der Waals surface area contributed by atoms with Gasteiger partial charge in [0.2, 0.25) is 5.76 Å². The molecule has 1 heterocycles. The van der Waals surface area contributed by atoms with Gasteiger partial charge >= 0.3 is 5.97 Å². The number of hydrogen-bond donors (Lipinski definition) is 1. The molecule has 84 valence electrons. The number of rotatable bonds is 6. The van der Waals surface area contributed by atoms with Crippen molar-refractivity contribution in [3.05, 3.63) is 23.7 Å². The van der Waals surface area contributed by atoms with Gasteiger partial charge in [0.05, 0.1) is 6.54 Å². The minimum Gasteiger partial charge on any atom is -0.475 e. The van der Waals surface area contributed by atoms with Crippen LogP contribution in [0.4, 0.5) is 0 Å². The van der Waals surface area contributed by atoms with Crippen molar-refractivity contribution in [1.29, 1.82) is 0 Å². The third-order valence-corrected chi connectivity index (χ3v) is 2.19. The Hall–Kier alpha value is -1.29. The lowest BCUT2D eigenvalue weighted by Crippen LogP contribution is -2.18. The quantitative estimate of drug-likeness (QED) is 0.783. The Labute approximate surface area is 89.5 Å². The van der Waals surface area contributed by atoms with Crippen LogP contribution in [0.1, 0.15) is 36.1 Å². The molecular weight excluding hydrogens is 194 g/mol. The number of unbranched alkanes of at least 4 members (excludes halogenated alkanes) is 1. The summed E-state index contributed by atoms with van der Waals surface area (Å²) < 4.78 is 5.15. The van der Waals surface area contributed by atoms with Crippen molar-refractivity contribution in [3.8, 4) is 0 Å². The molecule has 1 aromatic heterocycles. The molecule has 15 heavy (non-hydrogen) atoms. The highest BCUT2D eigenvalue weighted by Gasteiger charge is 2.09. The largest absolute Gasteiger partial charge is 0.475 e. The Balaban J connectivity index is 2.46. The number of aromatic carboxylic acids is 1. The van der Waals surface area contributed by atoms with Gasteiger partial charge in [0.15, 0.2) is 0 Å². The van der Waals surface area contributed by atoms with E-state index in [0.717, 1.165) is 19.4 Å². The third kappa shape index (κ3) is 3.75. The van der Waals surface area contributed by atoms with E-state index in [4.69, 9.17) is 9.52 Å². The Kier molecular flexibility index (Phi) is 4.37. The summed E-state index contributed by atoms with van der Waals surface area (Å²) in [5.41, 5.74) is 0. The lowest BCUT2D eigenvalue weighted by molar-refractivity contribution is 0.0658. The molecule has 0 bridgehead atoms. The van der Waals surface area contributed by atoms with E-state index in [-0.39, 0.29) is 5.76 Å². The second kappa shape index (κ2) is 5.56. The van der Waals surface area contributed by atoms with Crippen molar-refractivity contribution >= 4 is 5.97 Å². The van der Waals surface area contributed by atoms with Gasteiger partial charge < -0.3 is 9.52 Å². The van der Waals surface area contributed by atoms with E-state index >= 15 is 0 Å². The van der Waals surface area contributed by atoms with Crippen LogP contribution in [0.3, 0.4) is 0 Å². The molecule has 1 N–H and O–H groups in total. The smallest absolute Gasteiger partial charge is 0.371 e. The van der Waals surface area contributed by atoms with Crippen LogP contribution in [0.2, 0.25) is 0 Å². The van der Waals surface area contributed by atoms with E-state index in [9.17, 15) is 4.79 Å². The maximum absolute atomic E-state index is 10.6. The number of furan rings is 1.